The van der Waals surface area contributed by atoms with Crippen LogP contribution in [0.2, 0.25) is 0 Å². The van der Waals surface area contributed by atoms with Crippen molar-refractivity contribution in [3.63, 3.8) is 0 Å². The minimum atomic E-state index is -3.88. The largest absolute Gasteiger partial charge is 0.399 e. The maximum atomic E-state index is 13.7. The van der Waals surface area contributed by atoms with E-state index in [4.69, 9.17) is 5.73 Å². The highest BCUT2D eigenvalue weighted by atomic mass is 32.2. The molecular formula is C13H15FN2O2S2. The van der Waals surface area contributed by atoms with Gasteiger partial charge in [0.25, 0.3) is 0 Å². The van der Waals surface area contributed by atoms with E-state index >= 15 is 0 Å². The molecule has 0 aliphatic carbocycles. The van der Waals surface area contributed by atoms with Crippen LogP contribution in [0, 0.1) is 5.82 Å². The first-order chi connectivity index (χ1) is 9.44. The summed E-state index contributed by atoms with van der Waals surface area (Å²) in [6.45, 7) is 2.16. The number of nitrogen functional groups attached to an aromatic ring is 1. The lowest BCUT2D eigenvalue weighted by molar-refractivity contribution is 0.557. The van der Waals surface area contributed by atoms with Crippen LogP contribution in [0.3, 0.4) is 0 Å². The van der Waals surface area contributed by atoms with Gasteiger partial charge in [-0.3, -0.25) is 0 Å². The highest BCUT2D eigenvalue weighted by Crippen LogP contribution is 2.20. The third-order valence-corrected chi connectivity index (χ3v) is 5.28. The Morgan fingerprint density at radius 3 is 2.75 bits per heavy atom. The maximum absolute atomic E-state index is 13.7. The number of rotatable bonds is 5. The molecule has 1 aromatic heterocycles. The second kappa shape index (κ2) is 5.90. The van der Waals surface area contributed by atoms with E-state index in [0.717, 1.165) is 22.9 Å². The molecule has 2 aromatic rings. The number of hydrogen-bond donors (Lipinski definition) is 2. The molecule has 1 heterocycles. The Morgan fingerprint density at radius 1 is 1.35 bits per heavy atom. The molecule has 0 atom stereocenters. The van der Waals surface area contributed by atoms with Crippen molar-refractivity contribution in [3.8, 4) is 0 Å². The van der Waals surface area contributed by atoms with Gasteiger partial charge in [0.15, 0.2) is 0 Å². The SMILES string of the molecule is CCc1ccsc1CNS(=O)(=O)c1ccc(N)cc1F. The zero-order chi connectivity index (χ0) is 14.8. The van der Waals surface area contributed by atoms with Gasteiger partial charge in [0.1, 0.15) is 10.7 Å². The Bertz CT molecular complexity index is 711. The van der Waals surface area contributed by atoms with E-state index in [-0.39, 0.29) is 17.1 Å². The van der Waals surface area contributed by atoms with Gasteiger partial charge in [0, 0.05) is 17.1 Å². The van der Waals surface area contributed by atoms with E-state index in [1.165, 1.54) is 23.5 Å². The van der Waals surface area contributed by atoms with Crippen LogP contribution in [0.5, 0.6) is 0 Å². The number of benzene rings is 1. The minimum Gasteiger partial charge on any atom is -0.399 e. The predicted molar refractivity (Wildman–Crippen MR) is 78.5 cm³/mol. The fourth-order valence-electron chi connectivity index (χ4n) is 1.81. The molecule has 0 unspecified atom stereocenters. The van der Waals surface area contributed by atoms with Crippen molar-refractivity contribution < 1.29 is 12.8 Å². The Hall–Kier alpha value is -1.44. The van der Waals surface area contributed by atoms with Gasteiger partial charge in [-0.25, -0.2) is 17.5 Å². The lowest BCUT2D eigenvalue weighted by Crippen LogP contribution is -2.24. The van der Waals surface area contributed by atoms with Crippen LogP contribution in [0.25, 0.3) is 0 Å². The van der Waals surface area contributed by atoms with Crippen molar-refractivity contribution in [3.05, 3.63) is 45.9 Å². The van der Waals surface area contributed by atoms with E-state index in [2.05, 4.69) is 4.72 Å². The third kappa shape index (κ3) is 3.17. The predicted octanol–water partition coefficient (Wildman–Crippen LogP) is 2.51. The van der Waals surface area contributed by atoms with Gasteiger partial charge in [-0.1, -0.05) is 6.92 Å². The van der Waals surface area contributed by atoms with Gasteiger partial charge in [-0.15, -0.1) is 11.3 Å². The number of sulfonamides is 1. The number of anilines is 1. The van der Waals surface area contributed by atoms with E-state index in [1.54, 1.807) is 0 Å². The lowest BCUT2D eigenvalue weighted by Gasteiger charge is -2.08. The van der Waals surface area contributed by atoms with Gasteiger partial charge in [-0.2, -0.15) is 0 Å². The summed E-state index contributed by atoms with van der Waals surface area (Å²) < 4.78 is 40.2. The van der Waals surface area contributed by atoms with Crippen LogP contribution in [0.15, 0.2) is 34.5 Å². The first kappa shape index (κ1) is 15.0. The fourth-order valence-corrected chi connectivity index (χ4v) is 3.87. The maximum Gasteiger partial charge on any atom is 0.243 e. The summed E-state index contributed by atoms with van der Waals surface area (Å²) in [6, 6.07) is 5.48. The molecule has 0 radical (unpaired) electrons. The highest BCUT2D eigenvalue weighted by Gasteiger charge is 2.19. The van der Waals surface area contributed by atoms with Crippen LogP contribution >= 0.6 is 11.3 Å². The minimum absolute atomic E-state index is 0.160. The molecule has 0 bridgehead atoms. The summed E-state index contributed by atoms with van der Waals surface area (Å²) in [7, 11) is -3.88. The summed E-state index contributed by atoms with van der Waals surface area (Å²) >= 11 is 1.48. The van der Waals surface area contributed by atoms with Crippen molar-refractivity contribution in [1.29, 1.82) is 0 Å². The molecule has 4 nitrogen and oxygen atoms in total. The summed E-state index contributed by atoms with van der Waals surface area (Å²) in [4.78, 5) is 0.549. The number of halogens is 1. The topological polar surface area (TPSA) is 72.2 Å². The number of aryl methyl sites for hydroxylation is 1. The molecule has 108 valence electrons. The van der Waals surface area contributed by atoms with E-state index in [1.807, 2.05) is 18.4 Å². The summed E-state index contributed by atoms with van der Waals surface area (Å²) in [5, 5.41) is 1.91. The van der Waals surface area contributed by atoms with Crippen LogP contribution < -0.4 is 10.5 Å². The molecule has 20 heavy (non-hydrogen) atoms. The van der Waals surface area contributed by atoms with Crippen LogP contribution in [-0.4, -0.2) is 8.42 Å². The molecule has 3 N–H and O–H groups in total. The molecule has 1 aromatic carbocycles. The molecule has 2 rings (SSSR count). The van der Waals surface area contributed by atoms with Crippen molar-refractivity contribution in [2.24, 2.45) is 0 Å². The van der Waals surface area contributed by atoms with Crippen molar-refractivity contribution in [1.82, 2.24) is 4.72 Å². The zero-order valence-corrected chi connectivity index (χ0v) is 12.5. The van der Waals surface area contributed by atoms with E-state index < -0.39 is 15.8 Å². The van der Waals surface area contributed by atoms with Crippen molar-refractivity contribution in [2.75, 3.05) is 5.73 Å². The van der Waals surface area contributed by atoms with Gasteiger partial charge in [0.2, 0.25) is 10.0 Å². The second-order valence-corrected chi connectivity index (χ2v) is 6.97. The molecule has 0 aliphatic heterocycles. The molecule has 0 fully saturated rings. The Kier molecular flexibility index (Phi) is 4.42. The molecule has 7 heteroatoms. The van der Waals surface area contributed by atoms with Crippen LogP contribution in [-0.2, 0) is 23.0 Å². The molecule has 0 amide bonds. The van der Waals surface area contributed by atoms with Crippen molar-refractivity contribution in [2.45, 2.75) is 24.8 Å². The number of nitrogens with one attached hydrogen (secondary N) is 1. The number of thiophene rings is 1. The van der Waals surface area contributed by atoms with Crippen molar-refractivity contribution >= 4 is 27.0 Å². The lowest BCUT2D eigenvalue weighted by atomic mass is 10.2. The average Bonchev–Trinajstić information content (AvgIpc) is 2.83. The first-order valence-electron chi connectivity index (χ1n) is 6.04. The Morgan fingerprint density at radius 2 is 2.10 bits per heavy atom. The molecule has 0 spiro atoms. The summed E-state index contributed by atoms with van der Waals surface area (Å²) in [6.07, 6.45) is 0.830. The van der Waals surface area contributed by atoms with Gasteiger partial charge >= 0.3 is 0 Å². The first-order valence-corrected chi connectivity index (χ1v) is 8.40. The molecular weight excluding hydrogens is 299 g/mol. The second-order valence-electron chi connectivity index (χ2n) is 4.24. The van der Waals surface area contributed by atoms with Gasteiger partial charge in [-0.05, 0) is 41.6 Å². The van der Waals surface area contributed by atoms with E-state index in [0.29, 0.717) is 0 Å². The molecule has 0 aliphatic rings. The van der Waals surface area contributed by atoms with Gasteiger partial charge < -0.3 is 5.73 Å². The monoisotopic (exact) mass is 314 g/mol. The fraction of sp³-hybridized carbons (Fsp3) is 0.231. The summed E-state index contributed by atoms with van der Waals surface area (Å²) in [5.74, 6) is -0.848. The Labute approximate surface area is 121 Å². The molecule has 0 saturated heterocycles. The van der Waals surface area contributed by atoms with Gasteiger partial charge in [0.05, 0.1) is 0 Å². The standard InChI is InChI=1S/C13H15FN2O2S2/c1-2-9-5-6-19-12(9)8-16-20(17,18)13-4-3-10(15)7-11(13)14/h3-7,16H,2,8,15H2,1H3. The number of hydrogen-bond acceptors (Lipinski definition) is 4. The van der Waals surface area contributed by atoms with E-state index in [9.17, 15) is 12.8 Å². The average molecular weight is 314 g/mol. The normalized spacial score (nSPS) is 11.7. The zero-order valence-electron chi connectivity index (χ0n) is 10.9. The Balaban J connectivity index is 2.19. The summed E-state index contributed by atoms with van der Waals surface area (Å²) in [5.41, 5.74) is 6.69. The highest BCUT2D eigenvalue weighted by molar-refractivity contribution is 7.89. The third-order valence-electron chi connectivity index (χ3n) is 2.89. The van der Waals surface area contributed by atoms with Crippen LogP contribution in [0.1, 0.15) is 17.4 Å². The van der Waals surface area contributed by atoms with Crippen LogP contribution in [0.4, 0.5) is 10.1 Å². The number of nitrogens with two attached hydrogens (primary N) is 1. The molecule has 0 saturated carbocycles. The quantitative estimate of drug-likeness (QED) is 0.833. The smallest absolute Gasteiger partial charge is 0.243 e.